The van der Waals surface area contributed by atoms with Gasteiger partial charge in [0, 0.05) is 22.4 Å². The highest BCUT2D eigenvalue weighted by molar-refractivity contribution is 5.74. The molecular formula is C15H22O5. The number of esters is 1. The van der Waals surface area contributed by atoms with Crippen LogP contribution >= 0.6 is 0 Å². The number of hydrogen-bond acceptors (Lipinski definition) is 5. The van der Waals surface area contributed by atoms with Crippen molar-refractivity contribution in [1.82, 2.24) is 0 Å². The van der Waals surface area contributed by atoms with E-state index in [0.29, 0.717) is 18.8 Å². The minimum absolute atomic E-state index is 0.0496. The van der Waals surface area contributed by atoms with E-state index in [1.54, 1.807) is 6.92 Å². The van der Waals surface area contributed by atoms with Gasteiger partial charge in [-0.1, -0.05) is 13.8 Å². The van der Waals surface area contributed by atoms with Crippen molar-refractivity contribution >= 4 is 5.97 Å². The van der Waals surface area contributed by atoms with Gasteiger partial charge in [0.2, 0.25) is 12.1 Å². The summed E-state index contributed by atoms with van der Waals surface area (Å²) >= 11 is 0. The number of fused-ring (bicyclic) bond motifs is 2. The van der Waals surface area contributed by atoms with Gasteiger partial charge in [-0.15, -0.1) is 0 Å². The summed E-state index contributed by atoms with van der Waals surface area (Å²) in [6.07, 6.45) is 1.99. The van der Waals surface area contributed by atoms with Crippen LogP contribution in [0.1, 0.15) is 50.5 Å². The van der Waals surface area contributed by atoms with Crippen molar-refractivity contribution in [2.45, 2.75) is 64.1 Å². The Labute approximate surface area is 123 Å². The normalized spacial score (nSPS) is 60.6. The summed E-state index contributed by atoms with van der Waals surface area (Å²) in [5.74, 6) is -2.96. The van der Waals surface area contributed by atoms with E-state index in [9.17, 15) is 4.79 Å². The fraction of sp³-hybridized carbons (Fsp3) is 0.933. The van der Waals surface area contributed by atoms with Crippen LogP contribution in [0.25, 0.3) is 0 Å². The van der Waals surface area contributed by atoms with Crippen molar-refractivity contribution in [3.8, 4) is 0 Å². The lowest BCUT2D eigenvalue weighted by atomic mass is 9.58. The molecule has 1 spiro atoms. The Bertz CT molecular complexity index is 538. The van der Waals surface area contributed by atoms with Crippen LogP contribution in [0.3, 0.4) is 0 Å². The minimum Gasteiger partial charge on any atom is -0.432 e. The molecule has 4 saturated heterocycles. The predicted octanol–water partition coefficient (Wildman–Crippen LogP) is 2.39. The third-order valence-electron chi connectivity index (χ3n) is 5.65. The van der Waals surface area contributed by atoms with E-state index < -0.39 is 42.3 Å². The first kappa shape index (κ1) is 10.1. The summed E-state index contributed by atoms with van der Waals surface area (Å²) in [5, 5.41) is 0. The molecule has 0 aromatic carbocycles. The molecular weight excluding hydrogens is 260 g/mol. The molecule has 5 fully saturated rings. The fourth-order valence-electron chi connectivity index (χ4n) is 4.51. The molecule has 20 heavy (non-hydrogen) atoms. The van der Waals surface area contributed by atoms with Crippen molar-refractivity contribution in [1.29, 1.82) is 0 Å². The monoisotopic (exact) mass is 285 g/mol. The lowest BCUT2D eigenvalue weighted by molar-refractivity contribution is -0.559. The van der Waals surface area contributed by atoms with E-state index in [-0.39, 0.29) is 5.92 Å². The number of carbonyl (C=O) groups is 1. The molecule has 5 unspecified atom stereocenters. The van der Waals surface area contributed by atoms with Crippen LogP contribution in [0.5, 0.6) is 0 Å². The summed E-state index contributed by atoms with van der Waals surface area (Å²) in [6.45, 7) is 1.47. The van der Waals surface area contributed by atoms with Gasteiger partial charge >= 0.3 is 5.97 Å². The van der Waals surface area contributed by atoms with Gasteiger partial charge in [0.05, 0.1) is 5.92 Å². The maximum absolute atomic E-state index is 12.4. The maximum atomic E-state index is 12.4. The Morgan fingerprint density at radius 3 is 2.90 bits per heavy atom. The smallest absolute Gasteiger partial charge is 0.311 e. The molecule has 5 nitrogen and oxygen atoms in total. The zero-order chi connectivity index (χ0) is 16.6. The zero-order valence-corrected chi connectivity index (χ0v) is 11.8. The highest BCUT2D eigenvalue weighted by Crippen LogP contribution is 2.59. The maximum Gasteiger partial charge on any atom is 0.311 e. The Kier molecular flexibility index (Phi) is 2.01. The molecule has 0 aromatic rings. The van der Waals surface area contributed by atoms with Crippen molar-refractivity contribution in [3.63, 3.8) is 0 Å². The van der Waals surface area contributed by atoms with Crippen molar-refractivity contribution in [2.24, 2.45) is 23.7 Å². The first-order chi connectivity index (χ1) is 10.7. The molecule has 0 radical (unpaired) electrons. The summed E-state index contributed by atoms with van der Waals surface area (Å²) in [5.41, 5.74) is -1.01. The van der Waals surface area contributed by atoms with Crippen LogP contribution in [0.4, 0.5) is 0 Å². The first-order valence-corrected chi connectivity index (χ1v) is 7.42. The first-order valence-electron chi connectivity index (χ1n) is 8.92. The Balaban J connectivity index is 1.84. The quantitative estimate of drug-likeness (QED) is 0.505. The lowest BCUT2D eigenvalue weighted by Crippen LogP contribution is -2.69. The van der Waals surface area contributed by atoms with Crippen molar-refractivity contribution < 1.29 is 28.2 Å². The number of hydrogen-bond donors (Lipinski definition) is 0. The van der Waals surface area contributed by atoms with Crippen LogP contribution in [-0.4, -0.2) is 23.6 Å². The van der Waals surface area contributed by atoms with E-state index in [0.717, 1.165) is 12.8 Å². The summed E-state index contributed by atoms with van der Waals surface area (Å²) < 4.78 is 34.8. The highest BCUT2D eigenvalue weighted by Gasteiger charge is 2.69. The zero-order valence-electron chi connectivity index (χ0n) is 14.8. The predicted molar refractivity (Wildman–Crippen MR) is 68.0 cm³/mol. The van der Waals surface area contributed by atoms with E-state index in [1.165, 1.54) is 0 Å². The van der Waals surface area contributed by atoms with Crippen molar-refractivity contribution in [2.75, 3.05) is 0 Å². The summed E-state index contributed by atoms with van der Waals surface area (Å²) in [7, 11) is 0. The molecule has 4 heterocycles. The average Bonchev–Trinajstić information content (AvgIpc) is 2.66. The second kappa shape index (κ2) is 3.96. The van der Waals surface area contributed by atoms with E-state index in [4.69, 9.17) is 23.4 Å². The minimum atomic E-state index is -2.43. The van der Waals surface area contributed by atoms with E-state index in [2.05, 4.69) is 6.92 Å². The molecule has 1 saturated carbocycles. The molecule has 0 aromatic heterocycles. The third kappa shape index (κ3) is 1.46. The fourth-order valence-corrected chi connectivity index (χ4v) is 4.51. The summed E-state index contributed by atoms with van der Waals surface area (Å²) in [6, 6.07) is 0. The van der Waals surface area contributed by atoms with Gasteiger partial charge in [0.15, 0.2) is 5.60 Å². The Morgan fingerprint density at radius 1 is 1.25 bits per heavy atom. The SMILES string of the molecule is [2H]C([2H])([2H])C1C(=O)OC2O[C@@]3(C)CCC4C(C)CCC1[C@@]24OO3. The lowest BCUT2D eigenvalue weighted by Gasteiger charge is -2.57. The van der Waals surface area contributed by atoms with Crippen LogP contribution in [0.15, 0.2) is 0 Å². The molecule has 5 rings (SSSR count). The molecule has 7 atom stereocenters. The van der Waals surface area contributed by atoms with Crippen LogP contribution in [-0.2, 0) is 24.0 Å². The van der Waals surface area contributed by atoms with Crippen LogP contribution < -0.4 is 0 Å². The second-order valence-corrected chi connectivity index (χ2v) is 6.82. The van der Waals surface area contributed by atoms with Gasteiger partial charge in [-0.25, -0.2) is 9.78 Å². The number of carbonyl (C=O) groups excluding carboxylic acids is 1. The molecule has 4 aliphatic heterocycles. The average molecular weight is 285 g/mol. The molecule has 2 bridgehead atoms. The Morgan fingerprint density at radius 2 is 2.10 bits per heavy atom. The second-order valence-electron chi connectivity index (χ2n) is 6.82. The van der Waals surface area contributed by atoms with Gasteiger partial charge in [0.1, 0.15) is 0 Å². The van der Waals surface area contributed by atoms with Gasteiger partial charge in [-0.3, -0.25) is 4.79 Å². The standard InChI is InChI=1S/C15H22O5/c1-8-4-5-11-9(2)12(16)17-13-15(11)10(8)6-7-14(3,18-13)19-20-15/h8-11,13H,4-7H2,1-3H3/t8?,9?,10?,11?,13?,14-,15-/m1/s1/i2D3. The number of rotatable bonds is 0. The van der Waals surface area contributed by atoms with Crippen molar-refractivity contribution in [3.05, 3.63) is 0 Å². The van der Waals surface area contributed by atoms with Crippen LogP contribution in [0.2, 0.25) is 0 Å². The molecule has 0 N–H and O–H groups in total. The molecule has 1 aliphatic carbocycles. The molecule has 5 heteroatoms. The van der Waals surface area contributed by atoms with E-state index >= 15 is 0 Å². The third-order valence-corrected chi connectivity index (χ3v) is 5.65. The highest BCUT2D eigenvalue weighted by atomic mass is 17.3. The van der Waals surface area contributed by atoms with Crippen LogP contribution in [0, 0.1) is 23.7 Å². The molecule has 0 amide bonds. The van der Waals surface area contributed by atoms with Gasteiger partial charge in [-0.2, -0.15) is 0 Å². The number of ether oxygens (including phenoxy) is 2. The summed E-state index contributed by atoms with van der Waals surface area (Å²) in [4.78, 5) is 23.8. The molecule has 5 aliphatic rings. The van der Waals surface area contributed by atoms with Gasteiger partial charge in [0.25, 0.3) is 0 Å². The Hall–Kier alpha value is -0.650. The molecule has 112 valence electrons. The topological polar surface area (TPSA) is 54.0 Å². The van der Waals surface area contributed by atoms with Gasteiger partial charge in [-0.05, 0) is 32.1 Å². The van der Waals surface area contributed by atoms with E-state index in [1.807, 2.05) is 0 Å². The largest absolute Gasteiger partial charge is 0.432 e. The van der Waals surface area contributed by atoms with Gasteiger partial charge < -0.3 is 9.47 Å².